The number of benzene rings is 2. The lowest BCUT2D eigenvalue weighted by molar-refractivity contribution is 0.480. The average Bonchev–Trinajstić information content (AvgIpc) is 2.47. The molecule has 2 rings (SSSR count). The molecule has 0 aromatic heterocycles. The van der Waals surface area contributed by atoms with E-state index in [1.54, 1.807) is 18.2 Å². The Morgan fingerprint density at radius 1 is 1.14 bits per heavy atom. The highest BCUT2D eigenvalue weighted by Crippen LogP contribution is 2.29. The van der Waals surface area contributed by atoms with Crippen LogP contribution in [0.1, 0.15) is 36.1 Å². The second-order valence-electron chi connectivity index (χ2n) is 5.03. The van der Waals surface area contributed by atoms with Gasteiger partial charge in [0, 0.05) is 10.6 Å². The van der Waals surface area contributed by atoms with Crippen LogP contribution in [0.2, 0.25) is 5.02 Å². The van der Waals surface area contributed by atoms with Gasteiger partial charge in [0.15, 0.2) is 11.6 Å². The minimum absolute atomic E-state index is 0.300. The largest absolute Gasteiger partial charge is 0.306 e. The molecule has 0 aliphatic heterocycles. The molecule has 2 aromatic carbocycles. The van der Waals surface area contributed by atoms with Crippen LogP contribution in [0.3, 0.4) is 0 Å². The van der Waals surface area contributed by atoms with E-state index in [0.717, 1.165) is 23.6 Å². The van der Waals surface area contributed by atoms with Crippen molar-refractivity contribution < 1.29 is 8.78 Å². The summed E-state index contributed by atoms with van der Waals surface area (Å²) in [4.78, 5) is 0. The number of aryl methyl sites for hydroxylation is 1. The maximum absolute atomic E-state index is 14.1. The van der Waals surface area contributed by atoms with Crippen molar-refractivity contribution in [2.24, 2.45) is 0 Å². The smallest absolute Gasteiger partial charge is 0.163 e. The molecular formula is C17H18ClF2N. The molecule has 1 unspecified atom stereocenters. The lowest BCUT2D eigenvalue weighted by Crippen LogP contribution is -2.25. The van der Waals surface area contributed by atoms with Crippen molar-refractivity contribution in [2.75, 3.05) is 6.54 Å². The molecule has 0 radical (unpaired) electrons. The lowest BCUT2D eigenvalue weighted by atomic mass is 9.94. The fourth-order valence-electron chi connectivity index (χ4n) is 2.34. The van der Waals surface area contributed by atoms with Crippen LogP contribution in [-0.2, 0) is 0 Å². The maximum atomic E-state index is 14.1. The summed E-state index contributed by atoms with van der Waals surface area (Å²) in [7, 11) is 0. The van der Waals surface area contributed by atoms with Gasteiger partial charge in [-0.2, -0.15) is 0 Å². The Morgan fingerprint density at radius 2 is 1.90 bits per heavy atom. The van der Waals surface area contributed by atoms with E-state index in [9.17, 15) is 8.78 Å². The maximum Gasteiger partial charge on any atom is 0.163 e. The van der Waals surface area contributed by atoms with Gasteiger partial charge in [0.2, 0.25) is 0 Å². The summed E-state index contributed by atoms with van der Waals surface area (Å²) in [6.45, 7) is 4.66. The van der Waals surface area contributed by atoms with Crippen LogP contribution >= 0.6 is 11.6 Å². The molecule has 21 heavy (non-hydrogen) atoms. The summed E-state index contributed by atoms with van der Waals surface area (Å²) >= 11 is 6.06. The van der Waals surface area contributed by atoms with Crippen molar-refractivity contribution in [3.05, 3.63) is 69.7 Å². The molecule has 0 heterocycles. The van der Waals surface area contributed by atoms with Crippen LogP contribution in [-0.4, -0.2) is 6.54 Å². The fourth-order valence-corrected chi connectivity index (χ4v) is 2.52. The minimum Gasteiger partial charge on any atom is -0.306 e. The van der Waals surface area contributed by atoms with Crippen LogP contribution in [0.4, 0.5) is 8.78 Å². The summed E-state index contributed by atoms with van der Waals surface area (Å²) in [5.41, 5.74) is 2.14. The Kier molecular flexibility index (Phi) is 5.32. The molecule has 1 atom stereocenters. The number of halogens is 3. The molecule has 0 amide bonds. The first-order valence-corrected chi connectivity index (χ1v) is 7.35. The Morgan fingerprint density at radius 3 is 2.62 bits per heavy atom. The highest BCUT2D eigenvalue weighted by Gasteiger charge is 2.21. The van der Waals surface area contributed by atoms with Gasteiger partial charge in [0.05, 0.1) is 6.04 Å². The van der Waals surface area contributed by atoms with Gasteiger partial charge >= 0.3 is 0 Å². The standard InChI is InChI=1S/C17H18ClF2N/c1-3-9-21-17(13-5-4-6-15(19)16(13)20)14-10-12(18)8-7-11(14)2/h4-8,10,17,21H,3,9H2,1-2H3. The van der Waals surface area contributed by atoms with Gasteiger partial charge in [0.25, 0.3) is 0 Å². The Hall–Kier alpha value is -1.45. The van der Waals surface area contributed by atoms with E-state index in [1.165, 1.54) is 6.07 Å². The second-order valence-corrected chi connectivity index (χ2v) is 5.47. The fraction of sp³-hybridized carbons (Fsp3) is 0.294. The SMILES string of the molecule is CCCNC(c1cc(Cl)ccc1C)c1cccc(F)c1F. The normalized spacial score (nSPS) is 12.4. The predicted molar refractivity (Wildman–Crippen MR) is 82.7 cm³/mol. The van der Waals surface area contributed by atoms with E-state index in [4.69, 9.17) is 11.6 Å². The molecule has 0 bridgehead atoms. The molecule has 2 aromatic rings. The van der Waals surface area contributed by atoms with Crippen molar-refractivity contribution in [3.63, 3.8) is 0 Å². The monoisotopic (exact) mass is 309 g/mol. The zero-order valence-corrected chi connectivity index (χ0v) is 12.8. The van der Waals surface area contributed by atoms with E-state index in [0.29, 0.717) is 17.1 Å². The molecule has 1 N–H and O–H groups in total. The van der Waals surface area contributed by atoms with Crippen LogP contribution in [0.15, 0.2) is 36.4 Å². The van der Waals surface area contributed by atoms with Crippen LogP contribution in [0, 0.1) is 18.6 Å². The van der Waals surface area contributed by atoms with Gasteiger partial charge < -0.3 is 5.32 Å². The van der Waals surface area contributed by atoms with Crippen molar-refractivity contribution in [1.82, 2.24) is 5.32 Å². The molecule has 4 heteroatoms. The first-order valence-electron chi connectivity index (χ1n) is 6.98. The van der Waals surface area contributed by atoms with E-state index in [-0.39, 0.29) is 0 Å². The van der Waals surface area contributed by atoms with Crippen molar-refractivity contribution in [3.8, 4) is 0 Å². The van der Waals surface area contributed by atoms with Gasteiger partial charge in [0.1, 0.15) is 0 Å². The molecular weight excluding hydrogens is 292 g/mol. The van der Waals surface area contributed by atoms with E-state index >= 15 is 0 Å². The zero-order valence-electron chi connectivity index (χ0n) is 12.1. The van der Waals surface area contributed by atoms with Gasteiger partial charge in [-0.15, -0.1) is 0 Å². The van der Waals surface area contributed by atoms with Crippen LogP contribution in [0.5, 0.6) is 0 Å². The second kappa shape index (κ2) is 7.01. The highest BCUT2D eigenvalue weighted by atomic mass is 35.5. The first-order chi connectivity index (χ1) is 10.0. The van der Waals surface area contributed by atoms with Crippen LogP contribution < -0.4 is 5.32 Å². The van der Waals surface area contributed by atoms with E-state index in [1.807, 2.05) is 19.9 Å². The number of nitrogens with one attached hydrogen (secondary N) is 1. The summed E-state index contributed by atoms with van der Waals surface area (Å²) in [5, 5.41) is 3.85. The average molecular weight is 310 g/mol. The predicted octanol–water partition coefficient (Wildman–Crippen LogP) is 5.02. The molecule has 0 saturated heterocycles. The zero-order chi connectivity index (χ0) is 15.4. The van der Waals surface area contributed by atoms with Gasteiger partial charge in [-0.3, -0.25) is 0 Å². The third kappa shape index (κ3) is 3.60. The quantitative estimate of drug-likeness (QED) is 0.818. The lowest BCUT2D eigenvalue weighted by Gasteiger charge is -2.22. The van der Waals surface area contributed by atoms with Crippen molar-refractivity contribution in [1.29, 1.82) is 0 Å². The third-order valence-corrected chi connectivity index (χ3v) is 3.68. The first kappa shape index (κ1) is 15.9. The highest BCUT2D eigenvalue weighted by molar-refractivity contribution is 6.30. The van der Waals surface area contributed by atoms with Crippen LogP contribution in [0.25, 0.3) is 0 Å². The minimum atomic E-state index is -0.838. The molecule has 0 fully saturated rings. The summed E-state index contributed by atoms with van der Waals surface area (Å²) in [6.07, 6.45) is 0.896. The van der Waals surface area contributed by atoms with Gasteiger partial charge in [-0.05, 0) is 49.2 Å². The van der Waals surface area contributed by atoms with E-state index in [2.05, 4.69) is 5.32 Å². The molecule has 0 aliphatic rings. The molecule has 0 spiro atoms. The van der Waals surface area contributed by atoms with Gasteiger partial charge in [-0.25, -0.2) is 8.78 Å². The molecule has 0 saturated carbocycles. The number of rotatable bonds is 5. The molecule has 1 nitrogen and oxygen atoms in total. The summed E-state index contributed by atoms with van der Waals surface area (Å²) in [5.74, 6) is -1.65. The topological polar surface area (TPSA) is 12.0 Å². The Labute approximate surface area is 128 Å². The van der Waals surface area contributed by atoms with Crippen molar-refractivity contribution >= 4 is 11.6 Å². The number of hydrogen-bond donors (Lipinski definition) is 1. The van der Waals surface area contributed by atoms with Crippen molar-refractivity contribution in [2.45, 2.75) is 26.3 Å². The third-order valence-electron chi connectivity index (χ3n) is 3.44. The van der Waals surface area contributed by atoms with E-state index < -0.39 is 17.7 Å². The Bertz CT molecular complexity index is 626. The molecule has 112 valence electrons. The summed E-state index contributed by atoms with van der Waals surface area (Å²) < 4.78 is 27.7. The summed E-state index contributed by atoms with van der Waals surface area (Å²) in [6, 6.07) is 9.31. The van der Waals surface area contributed by atoms with Gasteiger partial charge in [-0.1, -0.05) is 36.7 Å². The number of hydrogen-bond acceptors (Lipinski definition) is 1. The Balaban J connectivity index is 2.52. The molecule has 0 aliphatic carbocycles.